The van der Waals surface area contributed by atoms with E-state index in [0.29, 0.717) is 0 Å². The van der Waals surface area contributed by atoms with Crippen LogP contribution in [0.3, 0.4) is 0 Å². The molecule has 0 atom stereocenters. The van der Waals surface area contributed by atoms with Crippen LogP contribution in [0.1, 0.15) is 47.9 Å². The Kier molecular flexibility index (Phi) is 6.54. The van der Waals surface area contributed by atoms with Gasteiger partial charge in [-0.3, -0.25) is 6.08 Å². The first-order chi connectivity index (χ1) is 12.1. The Bertz CT molecular complexity index is 758. The van der Waals surface area contributed by atoms with Gasteiger partial charge in [-0.2, -0.15) is 35.4 Å². The van der Waals surface area contributed by atoms with Crippen LogP contribution in [0.15, 0.2) is 48.6 Å². The van der Waals surface area contributed by atoms with Crippen LogP contribution in [0.25, 0.3) is 11.1 Å². The third-order valence-electron chi connectivity index (χ3n) is 4.64. The normalized spacial score (nSPS) is 15.4. The van der Waals surface area contributed by atoms with E-state index in [1.54, 1.807) is 27.4 Å². The second-order valence-corrected chi connectivity index (χ2v) is 8.60. The van der Waals surface area contributed by atoms with Gasteiger partial charge in [0, 0.05) is 0 Å². The van der Waals surface area contributed by atoms with Gasteiger partial charge in [-0.05, 0) is 13.3 Å². The van der Waals surface area contributed by atoms with Crippen LogP contribution in [-0.4, -0.2) is 3.21 Å². The van der Waals surface area contributed by atoms with Gasteiger partial charge >= 0.3 is 46.7 Å². The molecule has 0 aromatic heterocycles. The van der Waals surface area contributed by atoms with Crippen molar-refractivity contribution < 1.29 is 24.2 Å². The number of aryl methyl sites for hydroxylation is 2. The minimum atomic E-state index is 1.01. The van der Waals surface area contributed by atoms with Crippen molar-refractivity contribution in [3.05, 3.63) is 83.0 Å². The molecule has 0 aliphatic heterocycles. The van der Waals surface area contributed by atoms with Crippen LogP contribution in [0.5, 0.6) is 0 Å². The Morgan fingerprint density at radius 2 is 1.76 bits per heavy atom. The molecule has 0 spiro atoms. The summed E-state index contributed by atoms with van der Waals surface area (Å²) < 4.78 is 1.78. The van der Waals surface area contributed by atoms with Crippen LogP contribution in [0, 0.1) is 26.0 Å². The molecule has 0 amide bonds. The molecular formula is C24H24Zr. The van der Waals surface area contributed by atoms with E-state index in [9.17, 15) is 0 Å². The Labute approximate surface area is 167 Å². The molecule has 3 aliphatic carbocycles. The fraction of sp³-hybridized carbons (Fsp3) is 0.292. The summed E-state index contributed by atoms with van der Waals surface area (Å²) in [7, 11) is 0. The molecule has 0 N–H and O–H groups in total. The van der Waals surface area contributed by atoms with E-state index in [0.717, 1.165) is 12.8 Å². The molecule has 0 heterocycles. The van der Waals surface area contributed by atoms with Crippen molar-refractivity contribution in [2.45, 2.75) is 46.0 Å². The zero-order valence-corrected chi connectivity index (χ0v) is 17.6. The molecule has 2 aromatic carbocycles. The standard InChI is InChI=1S/C15H13.C5H5.C4H6.Zr/c1-10-3-5-12-9-13-6-4-11(2)8-15(13)14(12)7-10;1-2-4-5-3-1;1-2-4-3-1;/h3-5,7-8H,9H2,1-2H3;1-3H,4H2;1-3H2;/q2*-1;;+2. The molecule has 0 radical (unpaired) electrons. The first kappa shape index (κ1) is 18.5. The van der Waals surface area contributed by atoms with Crippen LogP contribution in [0.2, 0.25) is 0 Å². The second kappa shape index (κ2) is 8.86. The molecule has 25 heavy (non-hydrogen) atoms. The van der Waals surface area contributed by atoms with E-state index in [-0.39, 0.29) is 0 Å². The fourth-order valence-electron chi connectivity index (χ4n) is 3.00. The van der Waals surface area contributed by atoms with E-state index in [1.807, 2.05) is 12.2 Å². The first-order valence-electron chi connectivity index (χ1n) is 9.02. The number of allylic oxidation sites excluding steroid dienone is 4. The van der Waals surface area contributed by atoms with Crippen LogP contribution in [0.4, 0.5) is 0 Å². The molecule has 124 valence electrons. The molecular weight excluding hydrogens is 379 g/mol. The van der Waals surface area contributed by atoms with Crippen molar-refractivity contribution in [3.8, 4) is 11.1 Å². The zero-order valence-electron chi connectivity index (χ0n) is 15.2. The molecule has 1 heteroatoms. The Morgan fingerprint density at radius 3 is 2.32 bits per heavy atom. The number of rotatable bonds is 0. The van der Waals surface area contributed by atoms with Gasteiger partial charge in [0.15, 0.2) is 0 Å². The molecule has 0 saturated heterocycles. The Hall–Kier alpha value is -1.33. The maximum atomic E-state index is 3.38. The van der Waals surface area contributed by atoms with E-state index in [2.05, 4.69) is 62.4 Å². The van der Waals surface area contributed by atoms with Gasteiger partial charge in [0.25, 0.3) is 0 Å². The van der Waals surface area contributed by atoms with Gasteiger partial charge in [-0.15, -0.1) is 12.0 Å². The van der Waals surface area contributed by atoms with Crippen molar-refractivity contribution in [1.82, 2.24) is 0 Å². The van der Waals surface area contributed by atoms with Gasteiger partial charge in [0.1, 0.15) is 0 Å². The quantitative estimate of drug-likeness (QED) is 0.412. The third kappa shape index (κ3) is 5.08. The monoisotopic (exact) mass is 402 g/mol. The number of fused-ring (bicyclic) bond motifs is 3. The Balaban J connectivity index is 0.000000148. The van der Waals surface area contributed by atoms with Crippen LogP contribution < -0.4 is 0 Å². The number of hydrogen-bond donors (Lipinski definition) is 0. The Morgan fingerprint density at radius 1 is 1.00 bits per heavy atom. The van der Waals surface area contributed by atoms with Crippen molar-refractivity contribution in [3.63, 3.8) is 0 Å². The zero-order chi connectivity index (χ0) is 17.6. The molecule has 0 bridgehead atoms. The van der Waals surface area contributed by atoms with Gasteiger partial charge in [0.2, 0.25) is 0 Å². The van der Waals surface area contributed by atoms with Gasteiger partial charge < -0.3 is 0 Å². The SMILES string of the molecule is Cc1c[c-]c2c(c1)-c1cc(C)ccc1C2.[C-]1=CC=CC1.[Zr+2]=[C]1CCC1. The third-order valence-corrected chi connectivity index (χ3v) is 5.87. The predicted molar refractivity (Wildman–Crippen MR) is 103 cm³/mol. The van der Waals surface area contributed by atoms with E-state index in [4.69, 9.17) is 0 Å². The van der Waals surface area contributed by atoms with Gasteiger partial charge in [0.05, 0.1) is 0 Å². The van der Waals surface area contributed by atoms with Crippen LogP contribution >= 0.6 is 0 Å². The van der Waals surface area contributed by atoms with Crippen molar-refractivity contribution in [2.75, 3.05) is 0 Å². The van der Waals surface area contributed by atoms with E-state index < -0.39 is 0 Å². The summed E-state index contributed by atoms with van der Waals surface area (Å²) in [6, 6.07) is 14.5. The second-order valence-electron chi connectivity index (χ2n) is 6.87. The maximum absolute atomic E-state index is 3.38. The van der Waals surface area contributed by atoms with Gasteiger partial charge in [-0.25, -0.2) is 12.2 Å². The summed E-state index contributed by atoms with van der Waals surface area (Å²) in [5.74, 6) is 0. The first-order valence-corrected chi connectivity index (χ1v) is 10.3. The summed E-state index contributed by atoms with van der Waals surface area (Å²) in [5, 5.41) is 0. The predicted octanol–water partition coefficient (Wildman–Crippen LogP) is 5.87. The summed E-state index contributed by atoms with van der Waals surface area (Å²) >= 11 is 1.67. The van der Waals surface area contributed by atoms with Crippen LogP contribution in [-0.2, 0) is 30.7 Å². The summed E-state index contributed by atoms with van der Waals surface area (Å²) in [4.78, 5) is 0. The average molecular weight is 404 g/mol. The molecule has 3 aliphatic rings. The van der Waals surface area contributed by atoms with Gasteiger partial charge in [-0.1, -0.05) is 41.8 Å². The van der Waals surface area contributed by atoms with Crippen molar-refractivity contribution in [2.24, 2.45) is 0 Å². The van der Waals surface area contributed by atoms with E-state index in [1.165, 1.54) is 52.6 Å². The molecule has 2 aromatic rings. The summed E-state index contributed by atoms with van der Waals surface area (Å²) in [6.07, 6.45) is 15.4. The summed E-state index contributed by atoms with van der Waals surface area (Å²) in [5.41, 5.74) is 8.21. The number of benzene rings is 2. The van der Waals surface area contributed by atoms with Crippen molar-refractivity contribution in [1.29, 1.82) is 0 Å². The van der Waals surface area contributed by atoms with Crippen molar-refractivity contribution >= 4 is 3.21 Å². The summed E-state index contributed by atoms with van der Waals surface area (Å²) in [6.45, 7) is 4.28. The number of hydrogen-bond acceptors (Lipinski definition) is 0. The molecule has 1 saturated carbocycles. The molecule has 5 rings (SSSR count). The molecule has 0 nitrogen and oxygen atoms in total. The van der Waals surface area contributed by atoms with E-state index >= 15 is 0 Å². The molecule has 0 unspecified atom stereocenters. The fourth-order valence-corrected chi connectivity index (χ4v) is 3.87. The molecule has 1 fully saturated rings. The topological polar surface area (TPSA) is 0 Å². The minimum absolute atomic E-state index is 1.01. The average Bonchev–Trinajstić information content (AvgIpc) is 3.25.